The Morgan fingerprint density at radius 2 is 1.67 bits per heavy atom. The van der Waals surface area contributed by atoms with Gasteiger partial charge < -0.3 is 54.0 Å². The Bertz CT molecular complexity index is 1190. The van der Waals surface area contributed by atoms with Crippen molar-refractivity contribution < 1.29 is 34.2 Å². The zero-order valence-electron chi connectivity index (χ0n) is 25.6. The first-order valence-electron chi connectivity index (χ1n) is 15.0. The number of nitrogen functional groups attached to an aromatic ring is 1. The lowest BCUT2D eigenvalue weighted by Crippen LogP contribution is -2.59. The van der Waals surface area contributed by atoms with Crippen LogP contribution >= 0.6 is 0 Å². The number of nitrogens with one attached hydrogen (secondary N) is 3. The molecule has 250 valence electrons. The number of carboxylic acid groups (broad SMARTS) is 1. The fraction of sp³-hybridized carbons (Fsp3) is 0.586. The van der Waals surface area contributed by atoms with Gasteiger partial charge in [-0.25, -0.2) is 4.79 Å². The summed E-state index contributed by atoms with van der Waals surface area (Å²) in [5.74, 6) is -3.81. The molecule has 0 aromatic heterocycles. The van der Waals surface area contributed by atoms with E-state index in [1.807, 2.05) is 0 Å². The number of aliphatic hydroxyl groups excluding tert-OH is 1. The van der Waals surface area contributed by atoms with Gasteiger partial charge in [-0.1, -0.05) is 12.1 Å². The first kappa shape index (κ1) is 36.8. The second kappa shape index (κ2) is 18.4. The number of benzene rings is 1. The van der Waals surface area contributed by atoms with Gasteiger partial charge in [-0.3, -0.25) is 24.2 Å². The number of anilines is 1. The zero-order chi connectivity index (χ0) is 33.5. The lowest BCUT2D eigenvalue weighted by molar-refractivity contribution is -0.145. The van der Waals surface area contributed by atoms with E-state index in [4.69, 9.17) is 22.9 Å². The zero-order valence-corrected chi connectivity index (χ0v) is 25.6. The first-order valence-corrected chi connectivity index (χ1v) is 15.0. The Morgan fingerprint density at radius 3 is 2.27 bits per heavy atom. The normalized spacial score (nSPS) is 17.0. The summed E-state index contributed by atoms with van der Waals surface area (Å²) >= 11 is 0. The molecule has 16 heteroatoms. The van der Waals surface area contributed by atoms with Gasteiger partial charge in [0.1, 0.15) is 24.2 Å². The summed E-state index contributed by atoms with van der Waals surface area (Å²) in [5, 5.41) is 27.6. The lowest BCUT2D eigenvalue weighted by Gasteiger charge is -2.31. The van der Waals surface area contributed by atoms with Gasteiger partial charge in [0.05, 0.1) is 12.5 Å². The second-order valence-electron chi connectivity index (χ2n) is 11.1. The molecule has 0 saturated carbocycles. The number of amides is 4. The molecule has 0 radical (unpaired) electrons. The van der Waals surface area contributed by atoms with Crippen molar-refractivity contribution in [1.82, 2.24) is 20.9 Å². The van der Waals surface area contributed by atoms with Gasteiger partial charge in [0.15, 0.2) is 5.96 Å². The van der Waals surface area contributed by atoms with Gasteiger partial charge in [0.25, 0.3) is 0 Å². The SMILES string of the molecule is C[C@H](O)[C@H](NC(=O)Cc1ccc(N)cc1)C(=O)N[C@H](CCCCN)C(=O)N1CCC[C@@H]1C(=O)N[C@H](CCCN=C(N)N)C(=O)O. The minimum atomic E-state index is -1.36. The Kier molecular flexibility index (Phi) is 15.0. The first-order chi connectivity index (χ1) is 21.3. The fourth-order valence-corrected chi connectivity index (χ4v) is 4.99. The van der Waals surface area contributed by atoms with E-state index >= 15 is 0 Å². The van der Waals surface area contributed by atoms with Crippen molar-refractivity contribution in [2.75, 3.05) is 25.4 Å². The van der Waals surface area contributed by atoms with Crippen LogP contribution in [0.15, 0.2) is 29.3 Å². The molecule has 5 atom stereocenters. The smallest absolute Gasteiger partial charge is 0.326 e. The summed E-state index contributed by atoms with van der Waals surface area (Å²) in [6.07, 6.45) is 1.07. The summed E-state index contributed by atoms with van der Waals surface area (Å²) in [6, 6.07) is 2.03. The third kappa shape index (κ3) is 12.2. The number of likely N-dealkylation sites (tertiary alicyclic amines) is 1. The largest absolute Gasteiger partial charge is 0.480 e. The van der Waals surface area contributed by atoms with Gasteiger partial charge >= 0.3 is 5.97 Å². The molecule has 1 heterocycles. The van der Waals surface area contributed by atoms with Crippen LogP contribution in [0.2, 0.25) is 0 Å². The van der Waals surface area contributed by atoms with E-state index in [9.17, 15) is 34.2 Å². The number of nitrogens with two attached hydrogens (primary N) is 4. The summed E-state index contributed by atoms with van der Waals surface area (Å²) in [4.78, 5) is 69.9. The average molecular weight is 634 g/mol. The van der Waals surface area contributed by atoms with Crippen molar-refractivity contribution >= 4 is 41.2 Å². The van der Waals surface area contributed by atoms with E-state index in [1.54, 1.807) is 24.3 Å². The minimum Gasteiger partial charge on any atom is -0.480 e. The van der Waals surface area contributed by atoms with Crippen molar-refractivity contribution in [2.24, 2.45) is 22.2 Å². The number of carbonyl (C=O) groups is 5. The van der Waals surface area contributed by atoms with E-state index < -0.39 is 59.9 Å². The van der Waals surface area contributed by atoms with E-state index in [1.165, 1.54) is 11.8 Å². The molecule has 0 bridgehead atoms. The molecule has 0 unspecified atom stereocenters. The van der Waals surface area contributed by atoms with Gasteiger partial charge in [0, 0.05) is 18.8 Å². The molecule has 1 aliphatic heterocycles. The molecule has 1 aromatic carbocycles. The molecule has 0 aliphatic carbocycles. The predicted octanol–water partition coefficient (Wildman–Crippen LogP) is -2.10. The van der Waals surface area contributed by atoms with Gasteiger partial charge in [0.2, 0.25) is 23.6 Å². The highest BCUT2D eigenvalue weighted by molar-refractivity contribution is 5.95. The number of carbonyl (C=O) groups excluding carboxylic acids is 4. The number of carboxylic acids is 1. The van der Waals surface area contributed by atoms with Gasteiger partial charge in [-0.15, -0.1) is 0 Å². The van der Waals surface area contributed by atoms with E-state index in [-0.39, 0.29) is 38.3 Å². The van der Waals surface area contributed by atoms with Gasteiger partial charge in [-0.05, 0) is 76.1 Å². The number of nitrogens with zero attached hydrogens (tertiary/aromatic N) is 2. The van der Waals surface area contributed by atoms with Crippen LogP contribution in [0.25, 0.3) is 0 Å². The van der Waals surface area contributed by atoms with Crippen molar-refractivity contribution in [3.63, 3.8) is 0 Å². The highest BCUT2D eigenvalue weighted by atomic mass is 16.4. The monoisotopic (exact) mass is 633 g/mol. The molecule has 1 saturated heterocycles. The molecule has 16 nitrogen and oxygen atoms in total. The molecule has 2 rings (SSSR count). The number of hydrogen-bond acceptors (Lipinski definition) is 9. The molecule has 0 spiro atoms. The third-order valence-corrected chi connectivity index (χ3v) is 7.39. The van der Waals surface area contributed by atoms with E-state index in [0.717, 1.165) is 0 Å². The number of aliphatic carboxylic acids is 1. The number of unbranched alkanes of at least 4 members (excludes halogenated alkanes) is 1. The molecular formula is C29H47N9O7. The van der Waals surface area contributed by atoms with Crippen LogP contribution in [0.4, 0.5) is 5.69 Å². The minimum absolute atomic E-state index is 0.0637. The molecule has 1 aliphatic rings. The van der Waals surface area contributed by atoms with E-state index in [0.29, 0.717) is 49.9 Å². The molecule has 45 heavy (non-hydrogen) atoms. The topological polar surface area (TPSA) is 282 Å². The van der Waals surface area contributed by atoms with Crippen LogP contribution in [0.1, 0.15) is 57.4 Å². The highest BCUT2D eigenvalue weighted by Gasteiger charge is 2.39. The Balaban J connectivity index is 2.13. The van der Waals surface area contributed by atoms with Crippen molar-refractivity contribution in [2.45, 2.75) is 88.6 Å². The fourth-order valence-electron chi connectivity index (χ4n) is 4.99. The lowest BCUT2D eigenvalue weighted by atomic mass is 10.0. The Labute approximate surface area is 262 Å². The van der Waals surface area contributed by atoms with Crippen molar-refractivity contribution in [3.05, 3.63) is 29.8 Å². The summed E-state index contributed by atoms with van der Waals surface area (Å²) in [5.41, 5.74) is 23.1. The number of aliphatic imine (C=N–C) groups is 1. The quantitative estimate of drug-likeness (QED) is 0.0365. The molecule has 4 amide bonds. The van der Waals surface area contributed by atoms with Crippen LogP contribution in [0.3, 0.4) is 0 Å². The van der Waals surface area contributed by atoms with Crippen LogP contribution in [0.5, 0.6) is 0 Å². The Morgan fingerprint density at radius 1 is 1.00 bits per heavy atom. The number of guanidine groups is 1. The molecular weight excluding hydrogens is 586 g/mol. The number of aliphatic hydroxyl groups is 1. The average Bonchev–Trinajstić information content (AvgIpc) is 3.47. The summed E-state index contributed by atoms with van der Waals surface area (Å²) in [7, 11) is 0. The van der Waals surface area contributed by atoms with Crippen LogP contribution in [0, 0.1) is 0 Å². The Hall–Kier alpha value is -4.44. The maximum atomic E-state index is 13.8. The number of rotatable bonds is 18. The van der Waals surface area contributed by atoms with Crippen LogP contribution < -0.4 is 38.9 Å². The van der Waals surface area contributed by atoms with Crippen LogP contribution in [-0.2, 0) is 30.4 Å². The van der Waals surface area contributed by atoms with Crippen molar-refractivity contribution in [3.8, 4) is 0 Å². The summed E-state index contributed by atoms with van der Waals surface area (Å²) in [6.45, 7) is 2.12. The van der Waals surface area contributed by atoms with Gasteiger partial charge in [-0.2, -0.15) is 0 Å². The second-order valence-corrected chi connectivity index (χ2v) is 11.1. The maximum Gasteiger partial charge on any atom is 0.326 e. The van der Waals surface area contributed by atoms with Crippen LogP contribution in [-0.4, -0.2) is 101 Å². The number of hydrogen-bond donors (Lipinski definition) is 9. The highest BCUT2D eigenvalue weighted by Crippen LogP contribution is 2.21. The van der Waals surface area contributed by atoms with Crippen molar-refractivity contribution in [1.29, 1.82) is 0 Å². The standard InChI is InChI=1S/C29H47N9O7/c1-17(39)24(37-23(40)16-18-9-11-19(31)12-10-18)26(42)35-20(6-2-3-13-30)27(43)38-15-5-8-22(38)25(41)36-21(28(44)45)7-4-14-34-29(32)33/h9-12,17,20-22,24,39H,2-8,13-16,30-31H2,1H3,(H,35,42)(H,36,41)(H,37,40)(H,44,45)(H4,32,33,34)/t17-,20+,21+,22+,24-/m0/s1. The third-order valence-electron chi connectivity index (χ3n) is 7.39. The maximum absolute atomic E-state index is 13.8. The molecule has 13 N–H and O–H groups in total. The molecule has 1 fully saturated rings. The van der Waals surface area contributed by atoms with E-state index in [2.05, 4.69) is 20.9 Å². The summed E-state index contributed by atoms with van der Waals surface area (Å²) < 4.78 is 0. The predicted molar refractivity (Wildman–Crippen MR) is 167 cm³/mol. The molecule has 1 aromatic rings.